The number of anilines is 1. The number of nitriles is 1. The molecule has 0 saturated carbocycles. The summed E-state index contributed by atoms with van der Waals surface area (Å²) in [6.07, 6.45) is 2.37. The van der Waals surface area contributed by atoms with Crippen LogP contribution in [0.25, 0.3) is 0 Å². The summed E-state index contributed by atoms with van der Waals surface area (Å²) in [6.45, 7) is 7.66. The standard InChI is InChI=1S/C21H26ClN5O2S/c1-4-9-24-19(29)25-10-7-15(8-11-25)27-20(30)26(18(28)21(27,2)3)16-6-5-14(13-23)17(22)12-16/h5-6,12,15H,4,7-11H2,1-3H3,(H,24,29). The van der Waals surface area contributed by atoms with E-state index in [0.717, 1.165) is 19.3 Å². The van der Waals surface area contributed by atoms with Gasteiger partial charge in [-0.1, -0.05) is 18.5 Å². The smallest absolute Gasteiger partial charge is 0.317 e. The molecule has 7 nitrogen and oxygen atoms in total. The predicted octanol–water partition coefficient (Wildman–Crippen LogP) is 3.51. The highest BCUT2D eigenvalue weighted by atomic mass is 35.5. The summed E-state index contributed by atoms with van der Waals surface area (Å²) in [5.74, 6) is -0.128. The van der Waals surface area contributed by atoms with E-state index in [1.807, 2.05) is 36.6 Å². The van der Waals surface area contributed by atoms with Crippen molar-refractivity contribution in [3.8, 4) is 6.07 Å². The fourth-order valence-electron chi connectivity index (χ4n) is 4.06. The van der Waals surface area contributed by atoms with E-state index in [1.165, 1.54) is 4.90 Å². The lowest BCUT2D eigenvalue weighted by molar-refractivity contribution is -0.124. The topological polar surface area (TPSA) is 79.7 Å². The van der Waals surface area contributed by atoms with Crippen molar-refractivity contribution in [1.29, 1.82) is 5.26 Å². The molecule has 3 rings (SSSR count). The summed E-state index contributed by atoms with van der Waals surface area (Å²) >= 11 is 11.9. The molecule has 0 spiro atoms. The molecule has 0 atom stereocenters. The minimum atomic E-state index is -0.811. The number of rotatable bonds is 4. The van der Waals surface area contributed by atoms with Crippen molar-refractivity contribution in [3.05, 3.63) is 28.8 Å². The number of amides is 3. The second kappa shape index (κ2) is 8.78. The molecule has 0 radical (unpaired) electrons. The maximum Gasteiger partial charge on any atom is 0.317 e. The highest BCUT2D eigenvalue weighted by Crippen LogP contribution is 2.37. The van der Waals surface area contributed by atoms with Crippen molar-refractivity contribution in [2.24, 2.45) is 0 Å². The van der Waals surface area contributed by atoms with E-state index in [1.54, 1.807) is 18.2 Å². The maximum atomic E-state index is 13.3. The molecule has 2 fully saturated rings. The Hall–Kier alpha value is -2.37. The van der Waals surface area contributed by atoms with Gasteiger partial charge >= 0.3 is 6.03 Å². The summed E-state index contributed by atoms with van der Waals surface area (Å²) in [7, 11) is 0. The number of piperidine rings is 1. The molecule has 2 aliphatic heterocycles. The number of thiocarbonyl (C=S) groups is 1. The second-order valence-electron chi connectivity index (χ2n) is 8.08. The van der Waals surface area contributed by atoms with Gasteiger partial charge in [-0.2, -0.15) is 5.26 Å². The van der Waals surface area contributed by atoms with Crippen molar-refractivity contribution < 1.29 is 9.59 Å². The zero-order valence-electron chi connectivity index (χ0n) is 17.4. The number of nitrogens with zero attached hydrogens (tertiary/aromatic N) is 4. The van der Waals surface area contributed by atoms with Crippen LogP contribution < -0.4 is 10.2 Å². The zero-order chi connectivity index (χ0) is 22.1. The first-order valence-electron chi connectivity index (χ1n) is 10.1. The third-order valence-corrected chi connectivity index (χ3v) is 6.39. The molecule has 0 aliphatic carbocycles. The molecule has 0 bridgehead atoms. The van der Waals surface area contributed by atoms with Crippen LogP contribution in [0.3, 0.4) is 0 Å². The number of benzene rings is 1. The molecule has 2 heterocycles. The van der Waals surface area contributed by atoms with E-state index < -0.39 is 5.54 Å². The highest BCUT2D eigenvalue weighted by molar-refractivity contribution is 7.80. The van der Waals surface area contributed by atoms with E-state index in [-0.39, 0.29) is 23.0 Å². The van der Waals surface area contributed by atoms with Crippen LogP contribution in [0.1, 0.15) is 45.6 Å². The van der Waals surface area contributed by atoms with Crippen molar-refractivity contribution in [2.45, 2.75) is 51.6 Å². The Morgan fingerprint density at radius 2 is 2.03 bits per heavy atom. The van der Waals surface area contributed by atoms with E-state index in [2.05, 4.69) is 5.32 Å². The quantitative estimate of drug-likeness (QED) is 0.714. The predicted molar refractivity (Wildman–Crippen MR) is 120 cm³/mol. The molecule has 1 aromatic carbocycles. The van der Waals surface area contributed by atoms with E-state index >= 15 is 0 Å². The average Bonchev–Trinajstić information content (AvgIpc) is 2.90. The van der Waals surface area contributed by atoms with E-state index in [9.17, 15) is 9.59 Å². The van der Waals surface area contributed by atoms with Gasteiger partial charge in [0.1, 0.15) is 11.6 Å². The molecule has 1 aromatic rings. The van der Waals surface area contributed by atoms with Crippen molar-refractivity contribution >= 4 is 46.6 Å². The number of carbonyl (C=O) groups is 2. The van der Waals surface area contributed by atoms with Crippen LogP contribution in [0.15, 0.2) is 18.2 Å². The summed E-state index contributed by atoms with van der Waals surface area (Å²) in [5.41, 5.74) is 0.0955. The summed E-state index contributed by atoms with van der Waals surface area (Å²) in [5, 5.41) is 12.7. The summed E-state index contributed by atoms with van der Waals surface area (Å²) in [6, 6.07) is 6.93. The second-order valence-corrected chi connectivity index (χ2v) is 8.85. The van der Waals surface area contributed by atoms with Crippen molar-refractivity contribution in [2.75, 3.05) is 24.5 Å². The van der Waals surface area contributed by atoms with Gasteiger partial charge in [-0.25, -0.2) is 4.79 Å². The van der Waals surface area contributed by atoms with Gasteiger partial charge in [0.2, 0.25) is 0 Å². The van der Waals surface area contributed by atoms with Crippen LogP contribution in [0.2, 0.25) is 5.02 Å². The van der Waals surface area contributed by atoms with Gasteiger partial charge in [-0.15, -0.1) is 0 Å². The normalized spacial score (nSPS) is 19.2. The molecule has 2 saturated heterocycles. The fraction of sp³-hybridized carbons (Fsp3) is 0.524. The highest BCUT2D eigenvalue weighted by Gasteiger charge is 2.52. The average molecular weight is 448 g/mol. The van der Waals surface area contributed by atoms with Gasteiger partial charge in [-0.05, 0) is 63.5 Å². The Labute approximate surface area is 187 Å². The number of urea groups is 1. The van der Waals surface area contributed by atoms with Gasteiger partial charge in [0.05, 0.1) is 16.3 Å². The molecular formula is C21H26ClN5O2S. The van der Waals surface area contributed by atoms with Gasteiger partial charge < -0.3 is 15.1 Å². The molecule has 160 valence electrons. The summed E-state index contributed by atoms with van der Waals surface area (Å²) in [4.78, 5) is 30.8. The monoisotopic (exact) mass is 447 g/mol. The third-order valence-electron chi connectivity index (χ3n) is 5.70. The van der Waals surface area contributed by atoms with Crippen LogP contribution in [0.5, 0.6) is 0 Å². The molecule has 3 amide bonds. The number of nitrogens with one attached hydrogen (secondary N) is 1. The Morgan fingerprint density at radius 1 is 1.37 bits per heavy atom. The molecular weight excluding hydrogens is 422 g/mol. The Kier molecular flexibility index (Phi) is 6.53. The van der Waals surface area contributed by atoms with E-state index in [0.29, 0.717) is 36.0 Å². The lowest BCUT2D eigenvalue weighted by Crippen LogP contribution is -2.55. The third kappa shape index (κ3) is 3.96. The minimum absolute atomic E-state index is 0.0384. The van der Waals surface area contributed by atoms with Crippen LogP contribution in [0, 0.1) is 11.3 Å². The molecule has 2 aliphatic rings. The number of hydrogen-bond acceptors (Lipinski definition) is 4. The number of halogens is 1. The lowest BCUT2D eigenvalue weighted by Gasteiger charge is -2.41. The fourth-order valence-corrected chi connectivity index (χ4v) is 4.84. The van der Waals surface area contributed by atoms with Crippen molar-refractivity contribution in [3.63, 3.8) is 0 Å². The maximum absolute atomic E-state index is 13.3. The zero-order valence-corrected chi connectivity index (χ0v) is 19.0. The largest absolute Gasteiger partial charge is 0.338 e. The van der Waals surface area contributed by atoms with Crippen molar-refractivity contribution in [1.82, 2.24) is 15.1 Å². The van der Waals surface area contributed by atoms with Gasteiger partial charge in [0.25, 0.3) is 5.91 Å². The van der Waals surface area contributed by atoms with Crippen LogP contribution in [-0.4, -0.2) is 58.1 Å². The number of likely N-dealkylation sites (tertiary alicyclic amines) is 1. The molecule has 9 heteroatoms. The van der Waals surface area contributed by atoms with Gasteiger partial charge in [0, 0.05) is 25.7 Å². The number of carbonyl (C=O) groups excluding carboxylic acids is 2. The lowest BCUT2D eigenvalue weighted by atomic mass is 9.96. The first kappa shape index (κ1) is 22.3. The Bertz CT molecular complexity index is 905. The van der Waals surface area contributed by atoms with Gasteiger partial charge in [-0.3, -0.25) is 9.69 Å². The van der Waals surface area contributed by atoms with Crippen LogP contribution in [-0.2, 0) is 4.79 Å². The SMILES string of the molecule is CCCNC(=O)N1CCC(N2C(=S)N(c3ccc(C#N)c(Cl)c3)C(=O)C2(C)C)CC1. The first-order chi connectivity index (χ1) is 14.2. The Balaban J connectivity index is 1.78. The summed E-state index contributed by atoms with van der Waals surface area (Å²) < 4.78 is 0. The van der Waals surface area contributed by atoms with Crippen LogP contribution in [0.4, 0.5) is 10.5 Å². The number of hydrogen-bond donors (Lipinski definition) is 1. The molecule has 0 unspecified atom stereocenters. The molecule has 30 heavy (non-hydrogen) atoms. The Morgan fingerprint density at radius 3 is 2.60 bits per heavy atom. The molecule has 0 aromatic heterocycles. The minimum Gasteiger partial charge on any atom is -0.338 e. The first-order valence-corrected chi connectivity index (χ1v) is 10.9. The van der Waals surface area contributed by atoms with Crippen LogP contribution >= 0.6 is 23.8 Å². The van der Waals surface area contributed by atoms with Gasteiger partial charge in [0.15, 0.2) is 5.11 Å². The molecule has 1 N–H and O–H groups in total. The van der Waals surface area contributed by atoms with E-state index in [4.69, 9.17) is 29.1 Å².